The van der Waals surface area contributed by atoms with Gasteiger partial charge in [0.2, 0.25) is 0 Å². The lowest BCUT2D eigenvalue weighted by Gasteiger charge is -2.39. The van der Waals surface area contributed by atoms with Crippen molar-refractivity contribution in [2.75, 3.05) is 0 Å². The zero-order chi connectivity index (χ0) is 16.8. The summed E-state index contributed by atoms with van der Waals surface area (Å²) in [6.07, 6.45) is 4.42. The SMILES string of the molecule is CC1=C(C(=O)O)C(c2ccncc2)C2=C(CC(C)(C)CC2=O)N1. The number of nitrogens with one attached hydrogen (secondary N) is 1. The van der Waals surface area contributed by atoms with Crippen molar-refractivity contribution in [2.24, 2.45) is 5.41 Å². The molecule has 5 nitrogen and oxygen atoms in total. The van der Waals surface area contributed by atoms with Crippen LogP contribution >= 0.6 is 0 Å². The fourth-order valence-electron chi connectivity index (χ4n) is 3.61. The summed E-state index contributed by atoms with van der Waals surface area (Å²) in [6, 6.07) is 3.56. The molecule has 0 spiro atoms. The van der Waals surface area contributed by atoms with Gasteiger partial charge in [-0.3, -0.25) is 9.78 Å². The number of carboxylic acid groups (broad SMARTS) is 1. The second-order valence-electron chi connectivity index (χ2n) is 7.02. The summed E-state index contributed by atoms with van der Waals surface area (Å²) in [4.78, 5) is 28.6. The molecule has 5 heteroatoms. The van der Waals surface area contributed by atoms with Crippen LogP contribution in [0.25, 0.3) is 0 Å². The second kappa shape index (κ2) is 5.33. The van der Waals surface area contributed by atoms with Gasteiger partial charge in [0.1, 0.15) is 0 Å². The van der Waals surface area contributed by atoms with Crippen LogP contribution in [0.5, 0.6) is 0 Å². The van der Waals surface area contributed by atoms with Crippen molar-refractivity contribution in [3.05, 3.63) is 52.6 Å². The Morgan fingerprint density at radius 1 is 1.30 bits per heavy atom. The van der Waals surface area contributed by atoms with Crippen LogP contribution in [0.15, 0.2) is 47.1 Å². The molecule has 2 heterocycles. The van der Waals surface area contributed by atoms with Gasteiger partial charge in [-0.15, -0.1) is 0 Å². The van der Waals surface area contributed by atoms with Gasteiger partial charge in [-0.1, -0.05) is 13.8 Å². The standard InChI is InChI=1S/C18H20N2O3/c1-10-14(17(22)23)15(11-4-6-19-7-5-11)16-12(20-10)8-18(2,3)9-13(16)21/h4-7,15,20H,8-9H2,1-3H3,(H,22,23). The highest BCUT2D eigenvalue weighted by molar-refractivity contribution is 6.03. The molecule has 2 N–H and O–H groups in total. The number of carbonyl (C=O) groups is 2. The maximum Gasteiger partial charge on any atom is 0.334 e. The third-order valence-corrected chi connectivity index (χ3v) is 4.51. The molecule has 1 aromatic heterocycles. The van der Waals surface area contributed by atoms with Crippen molar-refractivity contribution in [2.45, 2.75) is 39.5 Å². The third-order valence-electron chi connectivity index (χ3n) is 4.51. The first-order chi connectivity index (χ1) is 10.8. The van der Waals surface area contributed by atoms with Gasteiger partial charge in [0.15, 0.2) is 5.78 Å². The topological polar surface area (TPSA) is 79.3 Å². The van der Waals surface area contributed by atoms with Crippen molar-refractivity contribution >= 4 is 11.8 Å². The lowest BCUT2D eigenvalue weighted by atomic mass is 9.69. The highest BCUT2D eigenvalue weighted by Gasteiger charge is 2.42. The molecule has 3 rings (SSSR count). The van der Waals surface area contributed by atoms with E-state index in [2.05, 4.69) is 24.1 Å². The first-order valence-corrected chi connectivity index (χ1v) is 7.67. The van der Waals surface area contributed by atoms with E-state index in [4.69, 9.17) is 0 Å². The number of rotatable bonds is 2. The fraction of sp³-hybridized carbons (Fsp3) is 0.389. The molecule has 0 saturated heterocycles. The van der Waals surface area contributed by atoms with Crippen molar-refractivity contribution in [1.29, 1.82) is 0 Å². The Morgan fingerprint density at radius 3 is 2.57 bits per heavy atom. The first kappa shape index (κ1) is 15.5. The minimum atomic E-state index is -0.999. The molecule has 0 bridgehead atoms. The summed E-state index contributed by atoms with van der Waals surface area (Å²) >= 11 is 0. The number of dihydropyridines is 1. The molecular weight excluding hydrogens is 292 g/mol. The Balaban J connectivity index is 2.20. The summed E-state index contributed by atoms with van der Waals surface area (Å²) < 4.78 is 0. The number of allylic oxidation sites excluding steroid dienone is 3. The second-order valence-corrected chi connectivity index (χ2v) is 7.02. The lowest BCUT2D eigenvalue weighted by molar-refractivity contribution is -0.133. The van der Waals surface area contributed by atoms with E-state index >= 15 is 0 Å². The minimum absolute atomic E-state index is 0.0248. The number of hydrogen-bond donors (Lipinski definition) is 2. The molecule has 0 aromatic carbocycles. The molecule has 0 fully saturated rings. The number of ketones is 1. The number of aliphatic carboxylic acids is 1. The normalized spacial score (nSPS) is 23.4. The highest BCUT2D eigenvalue weighted by atomic mass is 16.4. The molecule has 1 aromatic rings. The van der Waals surface area contributed by atoms with Gasteiger partial charge in [0, 0.05) is 41.7 Å². The van der Waals surface area contributed by atoms with Crippen LogP contribution in [0.4, 0.5) is 0 Å². The Hall–Kier alpha value is -2.43. The van der Waals surface area contributed by atoms with Crippen LogP contribution in [-0.2, 0) is 9.59 Å². The number of pyridine rings is 1. The van der Waals surface area contributed by atoms with Crippen LogP contribution in [0.1, 0.15) is 45.1 Å². The average Bonchev–Trinajstić information content (AvgIpc) is 2.44. The van der Waals surface area contributed by atoms with Crippen LogP contribution in [0, 0.1) is 5.41 Å². The highest BCUT2D eigenvalue weighted by Crippen LogP contribution is 2.46. The van der Waals surface area contributed by atoms with Crippen molar-refractivity contribution in [3.63, 3.8) is 0 Å². The molecule has 0 saturated carbocycles. The van der Waals surface area contributed by atoms with Gasteiger partial charge in [0.25, 0.3) is 0 Å². The molecule has 1 unspecified atom stereocenters. The van der Waals surface area contributed by atoms with Crippen LogP contribution < -0.4 is 5.32 Å². The van der Waals surface area contributed by atoms with Gasteiger partial charge in [-0.25, -0.2) is 4.79 Å². The van der Waals surface area contributed by atoms with E-state index in [1.54, 1.807) is 31.5 Å². The number of aromatic nitrogens is 1. The predicted molar refractivity (Wildman–Crippen MR) is 85.5 cm³/mol. The van der Waals surface area contributed by atoms with E-state index in [1.165, 1.54) is 0 Å². The molecule has 1 aliphatic carbocycles. The molecular formula is C18H20N2O3. The molecule has 1 atom stereocenters. The van der Waals surface area contributed by atoms with Gasteiger partial charge in [-0.05, 0) is 36.5 Å². The number of carbonyl (C=O) groups excluding carboxylic acids is 1. The van der Waals surface area contributed by atoms with Gasteiger partial charge in [-0.2, -0.15) is 0 Å². The predicted octanol–water partition coefficient (Wildman–Crippen LogP) is 2.77. The maximum atomic E-state index is 12.8. The monoisotopic (exact) mass is 312 g/mol. The third kappa shape index (κ3) is 2.67. The van der Waals surface area contributed by atoms with Gasteiger partial charge in [0.05, 0.1) is 5.57 Å². The smallest absolute Gasteiger partial charge is 0.334 e. The Labute approximate surface area is 135 Å². The number of carboxylic acids is 1. The van der Waals surface area contributed by atoms with Crippen LogP contribution in [0.3, 0.4) is 0 Å². The van der Waals surface area contributed by atoms with E-state index in [-0.39, 0.29) is 16.8 Å². The average molecular weight is 312 g/mol. The number of Topliss-reactive ketones (excluding diaryl/α,β-unsaturated/α-hetero) is 1. The van der Waals surface area contributed by atoms with E-state index in [1.807, 2.05) is 0 Å². The number of hydrogen-bond acceptors (Lipinski definition) is 4. The first-order valence-electron chi connectivity index (χ1n) is 7.67. The maximum absolute atomic E-state index is 12.8. The molecule has 2 aliphatic rings. The summed E-state index contributed by atoms with van der Waals surface area (Å²) in [5.41, 5.74) is 2.96. The Kier molecular flexibility index (Phi) is 3.59. The number of nitrogens with zero attached hydrogens (tertiary/aromatic N) is 1. The summed E-state index contributed by atoms with van der Waals surface area (Å²) in [6.45, 7) is 5.88. The van der Waals surface area contributed by atoms with Gasteiger partial charge < -0.3 is 10.4 Å². The molecule has 0 radical (unpaired) electrons. The minimum Gasteiger partial charge on any atom is -0.478 e. The zero-order valence-electron chi connectivity index (χ0n) is 13.5. The summed E-state index contributed by atoms with van der Waals surface area (Å²) in [5.74, 6) is -1.51. The van der Waals surface area contributed by atoms with Crippen LogP contribution in [-0.4, -0.2) is 21.8 Å². The Bertz CT molecular complexity index is 745. The summed E-state index contributed by atoms with van der Waals surface area (Å²) in [7, 11) is 0. The van der Waals surface area contributed by atoms with Crippen molar-refractivity contribution in [3.8, 4) is 0 Å². The van der Waals surface area contributed by atoms with E-state index < -0.39 is 11.9 Å². The summed E-state index contributed by atoms with van der Waals surface area (Å²) in [5, 5.41) is 12.8. The largest absolute Gasteiger partial charge is 0.478 e. The van der Waals surface area contributed by atoms with E-state index in [0.717, 1.165) is 17.7 Å². The van der Waals surface area contributed by atoms with E-state index in [9.17, 15) is 14.7 Å². The fourth-order valence-corrected chi connectivity index (χ4v) is 3.61. The molecule has 23 heavy (non-hydrogen) atoms. The molecule has 1 aliphatic heterocycles. The molecule has 120 valence electrons. The molecule has 0 amide bonds. The van der Waals surface area contributed by atoms with Crippen LogP contribution in [0.2, 0.25) is 0 Å². The van der Waals surface area contributed by atoms with Crippen molar-refractivity contribution in [1.82, 2.24) is 10.3 Å². The Morgan fingerprint density at radius 2 is 1.96 bits per heavy atom. The lowest BCUT2D eigenvalue weighted by Crippen LogP contribution is -2.38. The quantitative estimate of drug-likeness (QED) is 0.878. The van der Waals surface area contributed by atoms with Gasteiger partial charge >= 0.3 is 5.97 Å². The zero-order valence-corrected chi connectivity index (χ0v) is 13.5. The van der Waals surface area contributed by atoms with E-state index in [0.29, 0.717) is 17.7 Å². The van der Waals surface area contributed by atoms with Crippen molar-refractivity contribution < 1.29 is 14.7 Å².